The van der Waals surface area contributed by atoms with Crippen molar-refractivity contribution in [1.82, 2.24) is 0 Å². The summed E-state index contributed by atoms with van der Waals surface area (Å²) in [5.41, 5.74) is 2.47. The molecule has 1 N–H and O–H groups in total. The molecule has 0 radical (unpaired) electrons. The molecule has 1 saturated carbocycles. The molecule has 1 aromatic carbocycles. The Morgan fingerprint density at radius 3 is 2.80 bits per heavy atom. The van der Waals surface area contributed by atoms with Crippen LogP contribution in [0.15, 0.2) is 23.1 Å². The zero-order chi connectivity index (χ0) is 11.0. The Morgan fingerprint density at radius 2 is 2.20 bits per heavy atom. The van der Waals surface area contributed by atoms with Crippen LogP contribution in [0.5, 0.6) is 0 Å². The number of carboxylic acids is 1. The van der Waals surface area contributed by atoms with Gasteiger partial charge in [0.1, 0.15) is 0 Å². The summed E-state index contributed by atoms with van der Waals surface area (Å²) in [6.07, 6.45) is 0.813. The number of aliphatic carboxylic acids is 1. The Bertz CT molecular complexity index is 401. The maximum atomic E-state index is 10.7. The third-order valence-corrected chi connectivity index (χ3v) is 4.19. The van der Waals surface area contributed by atoms with E-state index in [4.69, 9.17) is 5.11 Å². The van der Waals surface area contributed by atoms with E-state index in [1.54, 1.807) is 11.8 Å². The summed E-state index contributed by atoms with van der Waals surface area (Å²) in [7, 11) is 0. The highest BCUT2D eigenvalue weighted by molar-refractivity contribution is 8.00. The maximum Gasteiger partial charge on any atom is 0.307 e. The van der Waals surface area contributed by atoms with Gasteiger partial charge >= 0.3 is 5.97 Å². The van der Waals surface area contributed by atoms with E-state index in [0.29, 0.717) is 0 Å². The lowest BCUT2D eigenvalue weighted by Crippen LogP contribution is -2.00. The molecule has 0 aromatic heterocycles. The van der Waals surface area contributed by atoms with E-state index in [-0.39, 0.29) is 11.2 Å². The van der Waals surface area contributed by atoms with Crippen molar-refractivity contribution in [2.75, 3.05) is 0 Å². The van der Waals surface area contributed by atoms with Crippen LogP contribution in [0.3, 0.4) is 0 Å². The minimum atomic E-state index is -0.655. The van der Waals surface area contributed by atoms with Crippen LogP contribution in [-0.4, -0.2) is 16.3 Å². The van der Waals surface area contributed by atoms with Crippen molar-refractivity contribution in [3.63, 3.8) is 0 Å². The molecule has 15 heavy (non-hydrogen) atoms. The molecule has 0 amide bonds. The normalized spacial score (nSPS) is 23.9. The Kier molecular flexibility index (Phi) is 2.74. The molecule has 3 heteroatoms. The molecule has 1 aliphatic carbocycles. The van der Waals surface area contributed by atoms with Crippen LogP contribution in [0.4, 0.5) is 0 Å². The highest BCUT2D eigenvalue weighted by atomic mass is 32.2. The van der Waals surface area contributed by atoms with E-state index in [9.17, 15) is 4.79 Å². The molecular weight excluding hydrogens is 208 g/mol. The van der Waals surface area contributed by atoms with E-state index >= 15 is 0 Å². The van der Waals surface area contributed by atoms with Gasteiger partial charge in [-0.2, -0.15) is 0 Å². The number of rotatable bonds is 3. The first-order chi connectivity index (χ1) is 7.08. The monoisotopic (exact) mass is 222 g/mol. The minimum absolute atomic E-state index is 0.130. The minimum Gasteiger partial charge on any atom is -0.481 e. The van der Waals surface area contributed by atoms with E-state index in [1.165, 1.54) is 16.0 Å². The number of carbonyl (C=O) groups is 1. The van der Waals surface area contributed by atoms with E-state index in [0.717, 1.165) is 6.42 Å². The molecule has 0 aliphatic heterocycles. The average molecular weight is 222 g/mol. The zero-order valence-electron chi connectivity index (χ0n) is 8.86. The second kappa shape index (κ2) is 3.89. The molecule has 2 atom stereocenters. The summed E-state index contributed by atoms with van der Waals surface area (Å²) in [5, 5.41) is 9.09. The Hall–Kier alpha value is -0.960. The van der Waals surface area contributed by atoms with Gasteiger partial charge in [-0.3, -0.25) is 4.79 Å². The predicted octanol–water partition coefficient (Wildman–Crippen LogP) is 2.87. The molecule has 2 nitrogen and oxygen atoms in total. The van der Waals surface area contributed by atoms with Crippen molar-refractivity contribution in [3.05, 3.63) is 29.3 Å². The Morgan fingerprint density at radius 1 is 1.47 bits per heavy atom. The molecule has 0 spiro atoms. The maximum absolute atomic E-state index is 10.7. The van der Waals surface area contributed by atoms with Gasteiger partial charge in [0.05, 0.1) is 5.92 Å². The number of hydrogen-bond donors (Lipinski definition) is 1. The standard InChI is InChI=1S/C12H14O2S/c1-7-3-4-8(2)10(5-7)15-11-6-9(11)12(13)14/h3-5,9,11H,6H2,1-2H3,(H,13,14). The summed E-state index contributed by atoms with van der Waals surface area (Å²) in [6, 6.07) is 6.31. The van der Waals surface area contributed by atoms with E-state index in [1.807, 2.05) is 0 Å². The number of thioether (sulfide) groups is 1. The van der Waals surface area contributed by atoms with Gasteiger partial charge in [0.25, 0.3) is 0 Å². The third kappa shape index (κ3) is 2.34. The lowest BCUT2D eigenvalue weighted by atomic mass is 10.2. The van der Waals surface area contributed by atoms with Crippen molar-refractivity contribution in [3.8, 4) is 0 Å². The first-order valence-corrected chi connectivity index (χ1v) is 5.92. The average Bonchev–Trinajstić information content (AvgIpc) is 2.91. The Labute approximate surface area is 93.7 Å². The van der Waals surface area contributed by atoms with Crippen molar-refractivity contribution >= 4 is 17.7 Å². The van der Waals surface area contributed by atoms with E-state index in [2.05, 4.69) is 32.0 Å². The molecule has 2 unspecified atom stereocenters. The van der Waals surface area contributed by atoms with Crippen LogP contribution in [0, 0.1) is 19.8 Å². The molecule has 0 saturated heterocycles. The van der Waals surface area contributed by atoms with Gasteiger partial charge in [0.2, 0.25) is 0 Å². The SMILES string of the molecule is Cc1ccc(C)c(SC2CC2C(=O)O)c1. The molecule has 2 rings (SSSR count). The van der Waals surface area contributed by atoms with Gasteiger partial charge in [-0.05, 0) is 31.9 Å². The molecule has 1 aromatic rings. The van der Waals surface area contributed by atoms with Gasteiger partial charge in [0.15, 0.2) is 0 Å². The summed E-state index contributed by atoms with van der Waals surface area (Å²) in [4.78, 5) is 11.9. The first-order valence-electron chi connectivity index (χ1n) is 5.04. The van der Waals surface area contributed by atoms with Gasteiger partial charge in [-0.25, -0.2) is 0 Å². The highest BCUT2D eigenvalue weighted by Crippen LogP contribution is 2.46. The van der Waals surface area contributed by atoms with Crippen LogP contribution in [0.25, 0.3) is 0 Å². The van der Waals surface area contributed by atoms with Crippen LogP contribution in [0.1, 0.15) is 17.5 Å². The van der Waals surface area contributed by atoms with Crippen LogP contribution < -0.4 is 0 Å². The topological polar surface area (TPSA) is 37.3 Å². The van der Waals surface area contributed by atoms with Crippen molar-refractivity contribution in [2.45, 2.75) is 30.4 Å². The fraction of sp³-hybridized carbons (Fsp3) is 0.417. The largest absolute Gasteiger partial charge is 0.481 e. The summed E-state index contributed by atoms with van der Waals surface area (Å²) in [5.74, 6) is -0.785. The van der Waals surface area contributed by atoms with Crippen molar-refractivity contribution in [1.29, 1.82) is 0 Å². The second-order valence-electron chi connectivity index (χ2n) is 4.11. The van der Waals surface area contributed by atoms with Crippen LogP contribution in [0.2, 0.25) is 0 Å². The summed E-state index contributed by atoms with van der Waals surface area (Å²) >= 11 is 1.71. The van der Waals surface area contributed by atoms with E-state index < -0.39 is 5.97 Å². The Balaban J connectivity index is 2.06. The van der Waals surface area contributed by atoms with Gasteiger partial charge < -0.3 is 5.11 Å². The van der Waals surface area contributed by atoms with Crippen molar-refractivity contribution < 1.29 is 9.90 Å². The van der Waals surface area contributed by atoms with Crippen LogP contribution >= 0.6 is 11.8 Å². The fourth-order valence-electron chi connectivity index (χ4n) is 1.56. The third-order valence-electron chi connectivity index (χ3n) is 2.67. The van der Waals surface area contributed by atoms with Gasteiger partial charge in [-0.15, -0.1) is 11.8 Å². The molecule has 80 valence electrons. The smallest absolute Gasteiger partial charge is 0.307 e. The molecule has 1 aliphatic rings. The quantitative estimate of drug-likeness (QED) is 0.854. The molecular formula is C12H14O2S. The summed E-state index contributed by atoms with van der Waals surface area (Å²) < 4.78 is 0. The molecule has 0 heterocycles. The van der Waals surface area contributed by atoms with Crippen molar-refractivity contribution in [2.24, 2.45) is 5.92 Å². The van der Waals surface area contributed by atoms with Gasteiger partial charge in [0, 0.05) is 10.1 Å². The number of aryl methyl sites for hydroxylation is 2. The fourth-order valence-corrected chi connectivity index (χ4v) is 2.98. The molecule has 1 fully saturated rings. The highest BCUT2D eigenvalue weighted by Gasteiger charge is 2.44. The number of carboxylic acid groups (broad SMARTS) is 1. The van der Waals surface area contributed by atoms with Crippen LogP contribution in [-0.2, 0) is 4.79 Å². The summed E-state index contributed by atoms with van der Waals surface area (Å²) in [6.45, 7) is 4.13. The molecule has 0 bridgehead atoms. The lowest BCUT2D eigenvalue weighted by molar-refractivity contribution is -0.138. The number of benzene rings is 1. The first kappa shape index (κ1) is 10.6. The lowest BCUT2D eigenvalue weighted by Gasteiger charge is -2.05. The predicted molar refractivity (Wildman–Crippen MR) is 61.3 cm³/mol. The zero-order valence-corrected chi connectivity index (χ0v) is 9.67. The van der Waals surface area contributed by atoms with Gasteiger partial charge in [-0.1, -0.05) is 17.7 Å². The second-order valence-corrected chi connectivity index (χ2v) is 5.39. The number of hydrogen-bond acceptors (Lipinski definition) is 2.